The fraction of sp³-hybridized carbons (Fsp3) is 0.364. The molecule has 1 amide bonds. The molecule has 148 valence electrons. The summed E-state index contributed by atoms with van der Waals surface area (Å²) in [5.74, 6) is 1.65. The van der Waals surface area contributed by atoms with E-state index in [2.05, 4.69) is 11.2 Å². The van der Waals surface area contributed by atoms with Gasteiger partial charge >= 0.3 is 0 Å². The first kappa shape index (κ1) is 19.7. The van der Waals surface area contributed by atoms with Crippen molar-refractivity contribution in [2.75, 3.05) is 7.05 Å². The molecular weight excluding hydrogens is 354 g/mol. The van der Waals surface area contributed by atoms with Crippen molar-refractivity contribution in [3.8, 4) is 5.75 Å². The van der Waals surface area contributed by atoms with Gasteiger partial charge in [0, 0.05) is 25.7 Å². The molecule has 0 fully saturated rings. The average molecular weight is 381 g/mol. The summed E-state index contributed by atoms with van der Waals surface area (Å²) in [5.41, 5.74) is 2.69. The number of nitrogens with zero attached hydrogens (tertiary/aromatic N) is 3. The summed E-state index contributed by atoms with van der Waals surface area (Å²) in [5, 5.41) is 4.37. The number of aryl methyl sites for hydroxylation is 3. The van der Waals surface area contributed by atoms with Crippen molar-refractivity contribution in [1.29, 1.82) is 0 Å². The van der Waals surface area contributed by atoms with Gasteiger partial charge in [0.25, 0.3) is 5.91 Å². The number of ether oxygens (including phenoxy) is 1. The van der Waals surface area contributed by atoms with E-state index >= 15 is 0 Å². The molecule has 1 atom stereocenters. The van der Waals surface area contributed by atoms with Gasteiger partial charge in [0.2, 0.25) is 0 Å². The minimum absolute atomic E-state index is 0.0780. The van der Waals surface area contributed by atoms with Crippen molar-refractivity contribution in [3.05, 3.63) is 71.4 Å². The molecule has 0 radical (unpaired) electrons. The number of aromatic nitrogens is 2. The summed E-state index contributed by atoms with van der Waals surface area (Å²) >= 11 is 0. The number of amides is 1. The fourth-order valence-electron chi connectivity index (χ4n) is 3.03. The Hall–Kier alpha value is -3.02. The van der Waals surface area contributed by atoms with Gasteiger partial charge in [0.15, 0.2) is 12.4 Å². The molecule has 2 aromatic heterocycles. The molecule has 0 aliphatic heterocycles. The Morgan fingerprint density at radius 2 is 2.11 bits per heavy atom. The third-order valence-corrected chi connectivity index (χ3v) is 4.91. The largest absolute Gasteiger partial charge is 0.471 e. The van der Waals surface area contributed by atoms with Crippen LogP contribution >= 0.6 is 0 Å². The summed E-state index contributed by atoms with van der Waals surface area (Å²) in [7, 11) is 1.81. The lowest BCUT2D eigenvalue weighted by atomic mass is 10.1. The molecular formula is C22H27N3O3. The van der Waals surface area contributed by atoms with Crippen molar-refractivity contribution in [2.24, 2.45) is 0 Å². The van der Waals surface area contributed by atoms with E-state index in [9.17, 15) is 4.79 Å². The van der Waals surface area contributed by atoms with Crippen molar-refractivity contribution in [1.82, 2.24) is 14.7 Å². The molecule has 6 nitrogen and oxygen atoms in total. The number of carbonyl (C=O) groups is 1. The average Bonchev–Trinajstić information content (AvgIpc) is 3.36. The summed E-state index contributed by atoms with van der Waals surface area (Å²) in [6, 6.07) is 11.7. The van der Waals surface area contributed by atoms with Gasteiger partial charge in [0.05, 0.1) is 6.26 Å². The maximum absolute atomic E-state index is 12.7. The second-order valence-electron chi connectivity index (χ2n) is 7.17. The van der Waals surface area contributed by atoms with Crippen LogP contribution in [0, 0.1) is 13.8 Å². The van der Waals surface area contributed by atoms with E-state index < -0.39 is 0 Å². The van der Waals surface area contributed by atoms with Crippen molar-refractivity contribution >= 4 is 5.91 Å². The predicted octanol–water partition coefficient (Wildman–Crippen LogP) is 4.22. The Morgan fingerprint density at radius 3 is 2.82 bits per heavy atom. The molecule has 0 aliphatic carbocycles. The summed E-state index contributed by atoms with van der Waals surface area (Å²) in [6.45, 7) is 6.35. The van der Waals surface area contributed by atoms with E-state index in [-0.39, 0.29) is 18.7 Å². The predicted molar refractivity (Wildman–Crippen MR) is 107 cm³/mol. The maximum Gasteiger partial charge on any atom is 0.274 e. The van der Waals surface area contributed by atoms with Gasteiger partial charge in [-0.2, -0.15) is 5.10 Å². The van der Waals surface area contributed by atoms with Crippen molar-refractivity contribution < 1.29 is 13.9 Å². The zero-order valence-corrected chi connectivity index (χ0v) is 16.9. The first-order chi connectivity index (χ1) is 13.4. The van der Waals surface area contributed by atoms with Crippen LogP contribution in [0.15, 0.2) is 53.3 Å². The number of furan rings is 1. The van der Waals surface area contributed by atoms with E-state index in [0.29, 0.717) is 5.69 Å². The van der Waals surface area contributed by atoms with Crippen LogP contribution < -0.4 is 4.74 Å². The number of benzene rings is 1. The lowest BCUT2D eigenvalue weighted by Gasteiger charge is -2.23. The van der Waals surface area contributed by atoms with Crippen LogP contribution in [-0.4, -0.2) is 33.7 Å². The first-order valence-electron chi connectivity index (χ1n) is 9.47. The zero-order chi connectivity index (χ0) is 20.1. The number of carbonyl (C=O) groups excluding carboxylic acids is 1. The summed E-state index contributed by atoms with van der Waals surface area (Å²) in [6.07, 6.45) is 5.05. The SMILES string of the molecule is Cc1ccc(OCn2ccc(C(=O)N(C)C(C)CCc3ccco3)n2)c(C)c1. The van der Waals surface area contributed by atoms with E-state index in [1.165, 1.54) is 5.56 Å². The molecule has 0 N–H and O–H groups in total. The maximum atomic E-state index is 12.7. The number of rotatable bonds is 8. The minimum atomic E-state index is -0.0998. The number of hydrogen-bond donors (Lipinski definition) is 0. The van der Waals surface area contributed by atoms with Gasteiger partial charge in [-0.15, -0.1) is 0 Å². The van der Waals surface area contributed by atoms with Crippen LogP contribution in [0.4, 0.5) is 0 Å². The highest BCUT2D eigenvalue weighted by molar-refractivity contribution is 5.92. The normalized spacial score (nSPS) is 12.0. The van der Waals surface area contributed by atoms with Crippen LogP contribution in [0.25, 0.3) is 0 Å². The van der Waals surface area contributed by atoms with Crippen LogP contribution in [0.3, 0.4) is 0 Å². The van der Waals surface area contributed by atoms with Gasteiger partial charge in [-0.25, -0.2) is 4.68 Å². The first-order valence-corrected chi connectivity index (χ1v) is 9.47. The molecule has 0 saturated carbocycles. The molecule has 2 heterocycles. The van der Waals surface area contributed by atoms with E-state index in [0.717, 1.165) is 29.9 Å². The highest BCUT2D eigenvalue weighted by Crippen LogP contribution is 2.19. The standard InChI is InChI=1S/C22H27N3O3/c1-16-7-10-21(17(2)14-16)28-15-25-12-11-20(23-25)22(26)24(4)18(3)8-9-19-6-5-13-27-19/h5-7,10-14,18H,8-9,15H2,1-4H3. The molecule has 1 aromatic carbocycles. The Labute approximate surface area is 165 Å². The smallest absolute Gasteiger partial charge is 0.274 e. The molecule has 1 unspecified atom stereocenters. The lowest BCUT2D eigenvalue weighted by molar-refractivity contribution is 0.0728. The molecule has 28 heavy (non-hydrogen) atoms. The monoisotopic (exact) mass is 381 g/mol. The lowest BCUT2D eigenvalue weighted by Crippen LogP contribution is -2.35. The second kappa shape index (κ2) is 8.78. The van der Waals surface area contributed by atoms with Gasteiger partial charge in [0.1, 0.15) is 11.5 Å². The Bertz CT molecular complexity index is 915. The highest BCUT2D eigenvalue weighted by Gasteiger charge is 2.20. The van der Waals surface area contributed by atoms with Gasteiger partial charge in [-0.3, -0.25) is 4.79 Å². The number of hydrogen-bond acceptors (Lipinski definition) is 4. The van der Waals surface area contributed by atoms with Gasteiger partial charge in [-0.05, 0) is 57.0 Å². The van der Waals surface area contributed by atoms with Crippen LogP contribution in [0.2, 0.25) is 0 Å². The topological polar surface area (TPSA) is 60.5 Å². The quantitative estimate of drug-likeness (QED) is 0.586. The van der Waals surface area contributed by atoms with Gasteiger partial charge in [-0.1, -0.05) is 17.7 Å². The molecule has 3 rings (SSSR count). The van der Waals surface area contributed by atoms with Gasteiger partial charge < -0.3 is 14.1 Å². The molecule has 3 aromatic rings. The Morgan fingerprint density at radius 1 is 1.29 bits per heavy atom. The summed E-state index contributed by atoms with van der Waals surface area (Å²) in [4.78, 5) is 14.4. The third-order valence-electron chi connectivity index (χ3n) is 4.91. The van der Waals surface area contributed by atoms with E-state index in [1.807, 2.05) is 45.0 Å². The minimum Gasteiger partial charge on any atom is -0.471 e. The second-order valence-corrected chi connectivity index (χ2v) is 7.17. The highest BCUT2D eigenvalue weighted by atomic mass is 16.5. The summed E-state index contributed by atoms with van der Waals surface area (Å²) < 4.78 is 12.8. The van der Waals surface area contributed by atoms with Crippen molar-refractivity contribution in [3.63, 3.8) is 0 Å². The Balaban J connectivity index is 1.55. The molecule has 0 aliphatic rings. The van der Waals surface area contributed by atoms with Crippen molar-refractivity contribution in [2.45, 2.75) is 46.4 Å². The molecule has 6 heteroatoms. The van der Waals surface area contributed by atoms with Crippen LogP contribution in [0.1, 0.15) is 40.7 Å². The fourth-order valence-corrected chi connectivity index (χ4v) is 3.03. The van der Waals surface area contributed by atoms with Crippen LogP contribution in [-0.2, 0) is 13.2 Å². The van der Waals surface area contributed by atoms with E-state index in [1.54, 1.807) is 35.2 Å². The van der Waals surface area contributed by atoms with Crippen LogP contribution in [0.5, 0.6) is 5.75 Å². The molecule has 0 spiro atoms. The van der Waals surface area contributed by atoms with E-state index in [4.69, 9.17) is 9.15 Å². The molecule has 0 saturated heterocycles. The molecule has 0 bridgehead atoms. The third kappa shape index (κ3) is 4.82. The zero-order valence-electron chi connectivity index (χ0n) is 16.9. The Kier molecular flexibility index (Phi) is 6.19.